The smallest absolute Gasteiger partial charge is 0.269 e. The van der Waals surface area contributed by atoms with E-state index in [2.05, 4.69) is 32.4 Å². The quantitative estimate of drug-likeness (QED) is 0.831. The predicted octanol–water partition coefficient (Wildman–Crippen LogP) is 2.90. The van der Waals surface area contributed by atoms with Gasteiger partial charge in [-0.2, -0.15) is 10.2 Å². The third kappa shape index (κ3) is 3.60. The fraction of sp³-hybridized carbons (Fsp3) is 0.667. The lowest BCUT2D eigenvalue weighted by molar-refractivity contribution is 0.0575. The number of aromatic nitrogens is 4. The topological polar surface area (TPSA) is 78.8 Å². The first kappa shape index (κ1) is 19.2. The fourth-order valence-electron chi connectivity index (χ4n) is 5.08. The molecule has 0 unspecified atom stereocenters. The van der Waals surface area contributed by atoms with Crippen LogP contribution in [0.1, 0.15) is 60.9 Å². The van der Waals surface area contributed by atoms with E-state index in [9.17, 15) is 4.79 Å². The molecule has 4 rings (SSSR count). The van der Waals surface area contributed by atoms with Crippen LogP contribution in [-0.2, 0) is 6.54 Å². The third-order valence-electron chi connectivity index (χ3n) is 6.51. The lowest BCUT2D eigenvalue weighted by Crippen LogP contribution is -2.51. The average Bonchev–Trinajstić information content (AvgIpc) is 3.30. The zero-order valence-electron chi connectivity index (χ0n) is 17.3. The number of rotatable bonds is 5. The van der Waals surface area contributed by atoms with Crippen LogP contribution in [0.2, 0.25) is 0 Å². The summed E-state index contributed by atoms with van der Waals surface area (Å²) >= 11 is 0. The second-order valence-electron chi connectivity index (χ2n) is 8.24. The second-order valence-corrected chi connectivity index (χ2v) is 8.24. The number of carbonyl (C=O) groups excluding carboxylic acids is 1. The Labute approximate surface area is 166 Å². The number of fused-ring (bicyclic) bond motifs is 1. The van der Waals surface area contributed by atoms with Gasteiger partial charge in [0.25, 0.3) is 5.91 Å². The third-order valence-corrected chi connectivity index (χ3v) is 6.51. The first-order valence-electron chi connectivity index (χ1n) is 10.7. The highest BCUT2D eigenvalue weighted by Gasteiger charge is 2.33. The molecule has 2 saturated heterocycles. The van der Waals surface area contributed by atoms with E-state index in [1.54, 1.807) is 0 Å². The molecule has 0 saturated carbocycles. The first-order valence-corrected chi connectivity index (χ1v) is 10.7. The number of piperidine rings is 2. The zero-order valence-corrected chi connectivity index (χ0v) is 17.3. The van der Waals surface area contributed by atoms with Crippen LogP contribution in [0, 0.1) is 19.8 Å². The number of hydrogen-bond donors (Lipinski definition) is 2. The van der Waals surface area contributed by atoms with Crippen LogP contribution in [-0.4, -0.2) is 56.5 Å². The van der Waals surface area contributed by atoms with Crippen molar-refractivity contribution in [3.05, 3.63) is 23.1 Å². The maximum atomic E-state index is 12.7. The molecule has 2 fully saturated rings. The van der Waals surface area contributed by atoms with Gasteiger partial charge in [-0.25, -0.2) is 0 Å². The first-order chi connectivity index (χ1) is 13.6. The molecule has 0 radical (unpaired) electrons. The molecular formula is C21H32N6O. The van der Waals surface area contributed by atoms with Crippen molar-refractivity contribution >= 4 is 5.91 Å². The number of nitrogens with one attached hydrogen (secondary N) is 2. The van der Waals surface area contributed by atoms with E-state index in [1.807, 2.05) is 24.6 Å². The predicted molar refractivity (Wildman–Crippen MR) is 109 cm³/mol. The van der Waals surface area contributed by atoms with Gasteiger partial charge in [-0.3, -0.25) is 14.6 Å². The Kier molecular flexibility index (Phi) is 5.53. The molecule has 0 spiro atoms. The molecule has 2 aromatic heterocycles. The standard InChI is InChI=1S/C21H32N6O/c1-4-27-15(3)20(14(2)25-27)17-12-18(24-23-17)21(28)22-13-16-8-7-11-26-10-6-5-9-19(16)26/h12,16,19H,4-11,13H2,1-3H3,(H,22,28)(H,23,24)/t16-,19-/m1/s1. The van der Waals surface area contributed by atoms with Crippen LogP contribution in [0.25, 0.3) is 11.3 Å². The van der Waals surface area contributed by atoms with Gasteiger partial charge >= 0.3 is 0 Å². The summed E-state index contributed by atoms with van der Waals surface area (Å²) in [6.45, 7) is 10.1. The summed E-state index contributed by atoms with van der Waals surface area (Å²) in [5, 5.41) is 15.0. The molecule has 0 bridgehead atoms. The van der Waals surface area contributed by atoms with E-state index in [4.69, 9.17) is 0 Å². The maximum absolute atomic E-state index is 12.7. The highest BCUT2D eigenvalue weighted by molar-refractivity contribution is 5.93. The number of carbonyl (C=O) groups is 1. The highest BCUT2D eigenvalue weighted by atomic mass is 16.1. The molecule has 2 aromatic rings. The summed E-state index contributed by atoms with van der Waals surface area (Å²) in [6.07, 6.45) is 6.36. The number of H-pyrrole nitrogens is 1. The molecule has 0 aliphatic carbocycles. The molecule has 1 amide bonds. The van der Waals surface area contributed by atoms with Crippen molar-refractivity contribution < 1.29 is 4.79 Å². The van der Waals surface area contributed by atoms with E-state index in [-0.39, 0.29) is 5.91 Å². The van der Waals surface area contributed by atoms with Gasteiger partial charge in [0.1, 0.15) is 5.69 Å². The molecule has 4 heterocycles. The van der Waals surface area contributed by atoms with Crippen LogP contribution in [0.5, 0.6) is 0 Å². The Balaban J connectivity index is 1.42. The number of amides is 1. The van der Waals surface area contributed by atoms with Gasteiger partial charge in [0.2, 0.25) is 0 Å². The van der Waals surface area contributed by atoms with Crippen LogP contribution >= 0.6 is 0 Å². The number of aromatic amines is 1. The van der Waals surface area contributed by atoms with Gasteiger partial charge < -0.3 is 10.2 Å². The van der Waals surface area contributed by atoms with E-state index >= 15 is 0 Å². The minimum absolute atomic E-state index is 0.0649. The highest BCUT2D eigenvalue weighted by Crippen LogP contribution is 2.30. The molecule has 7 nitrogen and oxygen atoms in total. The molecule has 2 aliphatic rings. The molecule has 152 valence electrons. The Morgan fingerprint density at radius 1 is 1.25 bits per heavy atom. The second kappa shape index (κ2) is 8.07. The molecule has 2 N–H and O–H groups in total. The van der Waals surface area contributed by atoms with Crippen LogP contribution in [0.4, 0.5) is 0 Å². The van der Waals surface area contributed by atoms with Crippen molar-refractivity contribution in [1.29, 1.82) is 0 Å². The van der Waals surface area contributed by atoms with Crippen LogP contribution in [0.3, 0.4) is 0 Å². The van der Waals surface area contributed by atoms with Crippen LogP contribution < -0.4 is 5.32 Å². The van der Waals surface area contributed by atoms with Crippen LogP contribution in [0.15, 0.2) is 6.07 Å². The molecule has 7 heteroatoms. The van der Waals surface area contributed by atoms with Crippen molar-refractivity contribution in [2.24, 2.45) is 5.92 Å². The van der Waals surface area contributed by atoms with Crippen molar-refractivity contribution in [3.63, 3.8) is 0 Å². The molecule has 28 heavy (non-hydrogen) atoms. The van der Waals surface area contributed by atoms with Gasteiger partial charge in [-0.1, -0.05) is 6.42 Å². The summed E-state index contributed by atoms with van der Waals surface area (Å²) in [6, 6.07) is 2.49. The molecule has 2 aliphatic heterocycles. The van der Waals surface area contributed by atoms with E-state index in [1.165, 1.54) is 45.2 Å². The van der Waals surface area contributed by atoms with E-state index in [0.717, 1.165) is 35.7 Å². The van der Waals surface area contributed by atoms with Crippen molar-refractivity contribution in [1.82, 2.24) is 30.2 Å². The number of nitrogens with zero attached hydrogens (tertiary/aromatic N) is 4. The minimum Gasteiger partial charge on any atom is -0.350 e. The van der Waals surface area contributed by atoms with Gasteiger partial charge in [0.15, 0.2) is 0 Å². The van der Waals surface area contributed by atoms with E-state index < -0.39 is 0 Å². The van der Waals surface area contributed by atoms with E-state index in [0.29, 0.717) is 17.7 Å². The summed E-state index contributed by atoms with van der Waals surface area (Å²) in [4.78, 5) is 15.3. The largest absolute Gasteiger partial charge is 0.350 e. The summed E-state index contributed by atoms with van der Waals surface area (Å²) in [5.74, 6) is 0.498. The summed E-state index contributed by atoms with van der Waals surface area (Å²) in [7, 11) is 0. The van der Waals surface area contributed by atoms with Gasteiger partial charge in [-0.15, -0.1) is 0 Å². The SMILES string of the molecule is CCn1nc(C)c(-c2cc(C(=O)NC[C@H]3CCCN4CCCC[C@H]34)[nH]n2)c1C. The normalized spacial score (nSPS) is 22.8. The van der Waals surface area contributed by atoms with Gasteiger partial charge in [0.05, 0.1) is 11.4 Å². The fourth-order valence-corrected chi connectivity index (χ4v) is 5.08. The van der Waals surface area contributed by atoms with Gasteiger partial charge in [-0.05, 0) is 71.5 Å². The minimum atomic E-state index is -0.0649. The van der Waals surface area contributed by atoms with Crippen molar-refractivity contribution in [2.75, 3.05) is 19.6 Å². The monoisotopic (exact) mass is 384 g/mol. The van der Waals surface area contributed by atoms with Gasteiger partial charge in [0, 0.05) is 30.4 Å². The maximum Gasteiger partial charge on any atom is 0.269 e. The molecular weight excluding hydrogens is 352 g/mol. The Bertz CT molecular complexity index is 836. The average molecular weight is 385 g/mol. The molecule has 2 atom stereocenters. The van der Waals surface area contributed by atoms with Crippen molar-refractivity contribution in [2.45, 2.75) is 65.5 Å². The van der Waals surface area contributed by atoms with Crippen molar-refractivity contribution in [3.8, 4) is 11.3 Å². The summed E-state index contributed by atoms with van der Waals surface area (Å²) in [5.41, 5.74) is 4.35. The lowest BCUT2D eigenvalue weighted by atomic mass is 9.83. The Hall–Kier alpha value is -2.15. The zero-order chi connectivity index (χ0) is 19.7. The Morgan fingerprint density at radius 3 is 2.86 bits per heavy atom. The Morgan fingerprint density at radius 2 is 2.07 bits per heavy atom. The lowest BCUT2D eigenvalue weighted by Gasteiger charge is -2.44. The number of hydrogen-bond acceptors (Lipinski definition) is 4. The summed E-state index contributed by atoms with van der Waals surface area (Å²) < 4.78 is 1.97. The number of aryl methyl sites for hydroxylation is 2. The molecule has 0 aromatic carbocycles.